The summed E-state index contributed by atoms with van der Waals surface area (Å²) in [4.78, 5) is 41.1. The number of carbonyl (C=O) groups is 3. The van der Waals surface area contributed by atoms with Crippen molar-refractivity contribution >= 4 is 34.3 Å². The number of hydrogen-bond donors (Lipinski definition) is 1. The molecule has 0 saturated carbocycles. The van der Waals surface area contributed by atoms with Gasteiger partial charge in [-0.05, 0) is 55.7 Å². The van der Waals surface area contributed by atoms with E-state index < -0.39 is 5.97 Å². The highest BCUT2D eigenvalue weighted by Crippen LogP contribution is 2.25. The van der Waals surface area contributed by atoms with Crippen LogP contribution in [-0.2, 0) is 16.0 Å². The Kier molecular flexibility index (Phi) is 4.84. The molecule has 1 aromatic heterocycles. The monoisotopic (exact) mass is 388 g/mol. The van der Waals surface area contributed by atoms with Crippen molar-refractivity contribution in [2.75, 3.05) is 11.9 Å². The lowest BCUT2D eigenvalue weighted by Crippen LogP contribution is -2.20. The number of esters is 1. The van der Waals surface area contributed by atoms with Gasteiger partial charge in [-0.1, -0.05) is 18.2 Å². The number of rotatable bonds is 4. The summed E-state index contributed by atoms with van der Waals surface area (Å²) in [5.41, 5.74) is 4.66. The number of Topliss-reactive ketones (excluding diaryl/α,β-unsaturated/α-hetero) is 1. The van der Waals surface area contributed by atoms with Gasteiger partial charge in [0.05, 0.1) is 16.8 Å². The lowest BCUT2D eigenvalue weighted by molar-refractivity contribution is -0.116. The molecular weight excluding hydrogens is 368 g/mol. The van der Waals surface area contributed by atoms with Crippen molar-refractivity contribution < 1.29 is 19.1 Å². The molecule has 0 fully saturated rings. The number of ether oxygens (including phenoxy) is 1. The number of aryl methyl sites for hydroxylation is 3. The van der Waals surface area contributed by atoms with Crippen LogP contribution in [0.25, 0.3) is 10.9 Å². The Morgan fingerprint density at radius 3 is 2.72 bits per heavy atom. The standard InChI is InChI=1S/C23H20N2O4/c1-13-17-5-3-4-6-19(17)24-14(2)22(13)23(28)29-12-20(26)16-7-9-18-15(11-16)8-10-21(27)25-18/h3-7,9,11H,8,10,12H2,1-2H3,(H,25,27). The number of nitrogens with one attached hydrogen (secondary N) is 1. The zero-order valence-electron chi connectivity index (χ0n) is 16.2. The molecule has 0 radical (unpaired) electrons. The van der Waals surface area contributed by atoms with Gasteiger partial charge in [-0.15, -0.1) is 0 Å². The topological polar surface area (TPSA) is 85.4 Å². The van der Waals surface area contributed by atoms with Crippen LogP contribution in [0.5, 0.6) is 0 Å². The van der Waals surface area contributed by atoms with E-state index in [-0.39, 0.29) is 18.3 Å². The van der Waals surface area contributed by atoms with Crippen LogP contribution in [0.4, 0.5) is 5.69 Å². The number of fused-ring (bicyclic) bond motifs is 2. The summed E-state index contributed by atoms with van der Waals surface area (Å²) >= 11 is 0. The van der Waals surface area contributed by atoms with Crippen LogP contribution in [0.3, 0.4) is 0 Å². The number of hydrogen-bond acceptors (Lipinski definition) is 5. The Bertz CT molecular complexity index is 1170. The third-order valence-corrected chi connectivity index (χ3v) is 5.19. The number of ketones is 1. The summed E-state index contributed by atoms with van der Waals surface area (Å²) in [6, 6.07) is 12.7. The summed E-state index contributed by atoms with van der Waals surface area (Å²) in [5.74, 6) is -0.876. The quantitative estimate of drug-likeness (QED) is 0.543. The Morgan fingerprint density at radius 2 is 1.90 bits per heavy atom. The molecule has 1 amide bonds. The van der Waals surface area contributed by atoms with Gasteiger partial charge in [-0.25, -0.2) is 4.79 Å². The summed E-state index contributed by atoms with van der Waals surface area (Å²) in [7, 11) is 0. The number of aromatic nitrogens is 1. The van der Waals surface area contributed by atoms with Gasteiger partial charge in [0.15, 0.2) is 12.4 Å². The lowest BCUT2D eigenvalue weighted by Gasteiger charge is -2.17. The molecule has 6 nitrogen and oxygen atoms in total. The summed E-state index contributed by atoms with van der Waals surface area (Å²) in [6.45, 7) is 3.26. The fourth-order valence-electron chi connectivity index (χ4n) is 3.68. The van der Waals surface area contributed by atoms with E-state index in [1.54, 1.807) is 25.1 Å². The number of anilines is 1. The highest BCUT2D eigenvalue weighted by molar-refractivity contribution is 6.02. The molecule has 6 heteroatoms. The van der Waals surface area contributed by atoms with Crippen LogP contribution in [0, 0.1) is 13.8 Å². The fraction of sp³-hybridized carbons (Fsp3) is 0.217. The van der Waals surface area contributed by atoms with Gasteiger partial charge < -0.3 is 10.1 Å². The van der Waals surface area contributed by atoms with Crippen molar-refractivity contribution in [3.8, 4) is 0 Å². The molecule has 1 N–H and O–H groups in total. The van der Waals surface area contributed by atoms with Gasteiger partial charge >= 0.3 is 5.97 Å². The van der Waals surface area contributed by atoms with Crippen LogP contribution in [0.2, 0.25) is 0 Å². The zero-order chi connectivity index (χ0) is 20.5. The number of para-hydroxylation sites is 1. The summed E-state index contributed by atoms with van der Waals surface area (Å²) in [6.07, 6.45) is 0.983. The van der Waals surface area contributed by atoms with Gasteiger partial charge in [-0.3, -0.25) is 14.6 Å². The molecule has 0 aliphatic carbocycles. The zero-order valence-corrected chi connectivity index (χ0v) is 16.2. The van der Waals surface area contributed by atoms with Crippen LogP contribution >= 0.6 is 0 Å². The third-order valence-electron chi connectivity index (χ3n) is 5.19. The average Bonchev–Trinajstić information content (AvgIpc) is 2.71. The largest absolute Gasteiger partial charge is 0.454 e. The molecule has 0 atom stereocenters. The van der Waals surface area contributed by atoms with Crippen molar-refractivity contribution in [1.82, 2.24) is 4.98 Å². The Balaban J connectivity index is 1.51. The second kappa shape index (κ2) is 7.47. The predicted molar refractivity (Wildman–Crippen MR) is 109 cm³/mol. The van der Waals surface area contributed by atoms with Gasteiger partial charge in [-0.2, -0.15) is 0 Å². The van der Waals surface area contributed by atoms with E-state index in [0.29, 0.717) is 29.7 Å². The maximum atomic E-state index is 12.7. The minimum Gasteiger partial charge on any atom is -0.454 e. The maximum Gasteiger partial charge on any atom is 0.340 e. The third kappa shape index (κ3) is 3.61. The number of amides is 1. The van der Waals surface area contributed by atoms with Crippen molar-refractivity contribution in [3.05, 3.63) is 70.4 Å². The SMILES string of the molecule is Cc1nc2ccccc2c(C)c1C(=O)OCC(=O)c1ccc2c(c1)CCC(=O)N2. The summed E-state index contributed by atoms with van der Waals surface area (Å²) < 4.78 is 5.32. The maximum absolute atomic E-state index is 12.7. The minimum atomic E-state index is -0.558. The first-order valence-electron chi connectivity index (χ1n) is 9.43. The van der Waals surface area contributed by atoms with Crippen molar-refractivity contribution in [1.29, 1.82) is 0 Å². The fourth-order valence-corrected chi connectivity index (χ4v) is 3.68. The smallest absolute Gasteiger partial charge is 0.340 e. The predicted octanol–water partition coefficient (Wildman–Crippen LogP) is 3.78. The molecule has 0 spiro atoms. The first-order valence-corrected chi connectivity index (χ1v) is 9.43. The second-order valence-corrected chi connectivity index (χ2v) is 7.13. The van der Waals surface area contributed by atoms with Crippen LogP contribution < -0.4 is 5.32 Å². The molecule has 1 aliphatic heterocycles. The van der Waals surface area contributed by atoms with Crippen molar-refractivity contribution in [3.63, 3.8) is 0 Å². The van der Waals surface area contributed by atoms with E-state index in [1.165, 1.54) is 0 Å². The Morgan fingerprint density at radius 1 is 1.10 bits per heavy atom. The second-order valence-electron chi connectivity index (χ2n) is 7.13. The molecule has 4 rings (SSSR count). The number of benzene rings is 2. The van der Waals surface area contributed by atoms with Gasteiger partial charge in [0.25, 0.3) is 0 Å². The van der Waals surface area contributed by atoms with Crippen molar-refractivity contribution in [2.45, 2.75) is 26.7 Å². The molecular formula is C23H20N2O4. The van der Waals surface area contributed by atoms with E-state index >= 15 is 0 Å². The molecule has 0 bridgehead atoms. The van der Waals surface area contributed by atoms with E-state index in [2.05, 4.69) is 10.3 Å². The van der Waals surface area contributed by atoms with Gasteiger partial charge in [0, 0.05) is 23.1 Å². The lowest BCUT2D eigenvalue weighted by atomic mass is 9.99. The van der Waals surface area contributed by atoms with E-state index in [9.17, 15) is 14.4 Å². The highest BCUT2D eigenvalue weighted by Gasteiger charge is 2.20. The summed E-state index contributed by atoms with van der Waals surface area (Å²) in [5, 5.41) is 3.66. The van der Waals surface area contributed by atoms with Crippen LogP contribution in [0.15, 0.2) is 42.5 Å². The molecule has 0 saturated heterocycles. The van der Waals surface area contributed by atoms with Gasteiger partial charge in [0.1, 0.15) is 0 Å². The van der Waals surface area contributed by atoms with Gasteiger partial charge in [0.2, 0.25) is 5.91 Å². The Labute approximate surface area is 167 Å². The van der Waals surface area contributed by atoms with E-state index in [0.717, 1.165) is 27.7 Å². The molecule has 1 aliphatic rings. The van der Waals surface area contributed by atoms with Crippen molar-refractivity contribution in [2.24, 2.45) is 0 Å². The normalized spacial score (nSPS) is 13.0. The molecule has 2 aromatic carbocycles. The van der Waals surface area contributed by atoms with E-state index in [4.69, 9.17) is 4.74 Å². The molecule has 2 heterocycles. The first kappa shape index (κ1) is 18.8. The van der Waals surface area contributed by atoms with Crippen LogP contribution in [0.1, 0.15) is 44.0 Å². The highest BCUT2D eigenvalue weighted by atomic mass is 16.5. The average molecular weight is 388 g/mol. The van der Waals surface area contributed by atoms with Crippen LogP contribution in [-0.4, -0.2) is 29.3 Å². The number of nitrogens with zero attached hydrogens (tertiary/aromatic N) is 1. The number of pyridine rings is 1. The molecule has 3 aromatic rings. The Hall–Kier alpha value is -3.54. The number of carbonyl (C=O) groups excluding carboxylic acids is 3. The first-order chi connectivity index (χ1) is 13.9. The minimum absolute atomic E-state index is 0.0276. The molecule has 29 heavy (non-hydrogen) atoms. The van der Waals surface area contributed by atoms with E-state index in [1.807, 2.05) is 31.2 Å². The molecule has 0 unspecified atom stereocenters. The molecule has 146 valence electrons.